The second kappa shape index (κ2) is 15.3. The highest BCUT2D eigenvalue weighted by Gasteiger charge is 2.54. The molecule has 2 saturated carbocycles. The first-order valence-corrected chi connectivity index (χ1v) is 17.8. The number of halogens is 1. The predicted molar refractivity (Wildman–Crippen MR) is 185 cm³/mol. The minimum atomic E-state index is -1.18. The quantitative estimate of drug-likeness (QED) is 0.193. The van der Waals surface area contributed by atoms with Gasteiger partial charge in [0.1, 0.15) is 17.7 Å². The molecule has 4 atom stereocenters. The Bertz CT molecular complexity index is 1520. The number of terminal acetylenes is 1. The number of carbonyl (C=O) groups is 5. The van der Waals surface area contributed by atoms with Crippen molar-refractivity contribution < 1.29 is 28.8 Å². The summed E-state index contributed by atoms with van der Waals surface area (Å²) in [7, 11) is 0. The average molecular weight is 694 g/mol. The normalized spacial score (nSPS) is 23.5. The Labute approximate surface area is 293 Å². The molecule has 0 radical (unpaired) electrons. The molecule has 4 amide bonds. The first kappa shape index (κ1) is 36.4. The van der Waals surface area contributed by atoms with Gasteiger partial charge in [-0.3, -0.25) is 34.3 Å². The topological polar surface area (TPSA) is 146 Å². The van der Waals surface area contributed by atoms with Crippen LogP contribution in [0.25, 0.3) is 5.70 Å². The summed E-state index contributed by atoms with van der Waals surface area (Å²) >= 11 is 6.24. The molecule has 2 heterocycles. The third-order valence-corrected chi connectivity index (χ3v) is 10.0. The van der Waals surface area contributed by atoms with Gasteiger partial charge in [-0.05, 0) is 61.6 Å². The summed E-state index contributed by atoms with van der Waals surface area (Å²) in [6.07, 6.45) is 14.9. The maximum Gasteiger partial charge on any atom is 0.289 e. The van der Waals surface area contributed by atoms with E-state index in [4.69, 9.17) is 22.9 Å². The molecule has 1 aromatic rings. The van der Waals surface area contributed by atoms with E-state index in [0.717, 1.165) is 44.1 Å². The van der Waals surface area contributed by atoms with Crippen LogP contribution >= 0.6 is 11.6 Å². The highest BCUT2D eigenvalue weighted by Crippen LogP contribution is 2.39. The first-order valence-electron chi connectivity index (χ1n) is 17.4. The molecule has 1 saturated heterocycles. The number of hydrogen-bond donors (Lipinski definition) is 4. The summed E-state index contributed by atoms with van der Waals surface area (Å²) in [5.74, 6) is -0.0571. The Morgan fingerprint density at radius 1 is 1.10 bits per heavy atom. The fraction of sp³-hybridized carbons (Fsp3) is 0.595. The van der Waals surface area contributed by atoms with Gasteiger partial charge >= 0.3 is 0 Å². The van der Waals surface area contributed by atoms with Crippen molar-refractivity contribution in [2.24, 2.45) is 11.3 Å². The standard InChI is InChI=1S/C37H48ClN5O6/c1-5-6-15-27(31(45)34(47)39-26-16-17-26)40-33(46)29-21-37(20-28(42-49-37)24-13-10-14-25(38)19-24)22-43(29)35(48)32(36(2,3)4)41-30(44)18-23-11-8-7-9-12-23/h1,10,13-14,19-20,23,26-27,29,32,42H,6-9,11-12,15-18,21-22H2,2-4H3,(H,39,47)(H,40,46)(H,41,44)/t27-,29-,32+,37+/m0/s1. The third kappa shape index (κ3) is 9.22. The number of benzene rings is 1. The van der Waals surface area contributed by atoms with Crippen LogP contribution < -0.4 is 21.4 Å². The summed E-state index contributed by atoms with van der Waals surface area (Å²) in [6, 6.07) is 3.95. The summed E-state index contributed by atoms with van der Waals surface area (Å²) in [5, 5.41) is 8.97. The largest absolute Gasteiger partial charge is 0.347 e. The Morgan fingerprint density at radius 2 is 1.84 bits per heavy atom. The number of likely N-dealkylation sites (tertiary alicyclic amines) is 1. The van der Waals surface area contributed by atoms with Crippen LogP contribution in [-0.2, 0) is 28.8 Å². The molecule has 49 heavy (non-hydrogen) atoms. The lowest BCUT2D eigenvalue weighted by atomic mass is 9.84. The lowest BCUT2D eigenvalue weighted by Gasteiger charge is -2.36. The number of Topliss-reactive ketones (excluding diaryl/α,β-unsaturated/α-hetero) is 1. The van der Waals surface area contributed by atoms with Crippen LogP contribution in [0, 0.1) is 23.7 Å². The molecule has 1 aromatic carbocycles. The van der Waals surface area contributed by atoms with E-state index in [1.54, 1.807) is 12.1 Å². The zero-order valence-corrected chi connectivity index (χ0v) is 29.4. The fourth-order valence-corrected chi connectivity index (χ4v) is 7.11. The Kier molecular flexibility index (Phi) is 11.4. The van der Waals surface area contributed by atoms with Crippen molar-refractivity contribution >= 4 is 46.7 Å². The van der Waals surface area contributed by atoms with Crippen molar-refractivity contribution in [3.05, 3.63) is 40.9 Å². The van der Waals surface area contributed by atoms with Crippen LogP contribution in [0.5, 0.6) is 0 Å². The van der Waals surface area contributed by atoms with Crippen LogP contribution in [-0.4, -0.2) is 70.6 Å². The van der Waals surface area contributed by atoms with Gasteiger partial charge in [0.2, 0.25) is 23.5 Å². The van der Waals surface area contributed by atoms with Crippen LogP contribution in [0.1, 0.15) is 97.0 Å². The van der Waals surface area contributed by atoms with Crippen molar-refractivity contribution in [3.8, 4) is 12.3 Å². The fourth-order valence-electron chi connectivity index (χ4n) is 6.92. The monoisotopic (exact) mass is 693 g/mol. The van der Waals surface area contributed by atoms with E-state index >= 15 is 0 Å². The Balaban J connectivity index is 1.41. The van der Waals surface area contributed by atoms with Crippen molar-refractivity contribution in [3.63, 3.8) is 0 Å². The highest BCUT2D eigenvalue weighted by atomic mass is 35.5. The van der Waals surface area contributed by atoms with E-state index < -0.39 is 52.6 Å². The minimum Gasteiger partial charge on any atom is -0.347 e. The van der Waals surface area contributed by atoms with Gasteiger partial charge < -0.3 is 20.9 Å². The van der Waals surface area contributed by atoms with Crippen LogP contribution in [0.15, 0.2) is 30.3 Å². The molecule has 4 aliphatic rings. The summed E-state index contributed by atoms with van der Waals surface area (Å²) < 4.78 is 0. The minimum absolute atomic E-state index is 0.00278. The van der Waals surface area contributed by atoms with Crippen molar-refractivity contribution in [2.75, 3.05) is 6.54 Å². The van der Waals surface area contributed by atoms with E-state index in [1.807, 2.05) is 39.0 Å². The number of hydrogen-bond acceptors (Lipinski definition) is 7. The van der Waals surface area contributed by atoms with E-state index in [2.05, 4.69) is 27.4 Å². The second-order valence-corrected chi connectivity index (χ2v) is 15.5. The Hall–Kier alpha value is -3.88. The van der Waals surface area contributed by atoms with Crippen LogP contribution in [0.4, 0.5) is 0 Å². The third-order valence-electron chi connectivity index (χ3n) is 9.81. The number of nitrogens with one attached hydrogen (secondary N) is 4. The molecule has 264 valence electrons. The predicted octanol–water partition coefficient (Wildman–Crippen LogP) is 3.80. The maximum absolute atomic E-state index is 14.6. The van der Waals surface area contributed by atoms with Crippen molar-refractivity contribution in [2.45, 2.75) is 121 Å². The van der Waals surface area contributed by atoms with Crippen molar-refractivity contribution in [1.29, 1.82) is 0 Å². The zero-order valence-electron chi connectivity index (χ0n) is 28.6. The number of hydroxylamine groups is 1. The molecule has 2 aliphatic carbocycles. The number of ketones is 1. The lowest BCUT2D eigenvalue weighted by Crippen LogP contribution is -2.59. The van der Waals surface area contributed by atoms with E-state index in [9.17, 15) is 24.0 Å². The number of amides is 4. The van der Waals surface area contributed by atoms with Gasteiger partial charge in [0, 0.05) is 35.9 Å². The molecule has 4 N–H and O–H groups in total. The van der Waals surface area contributed by atoms with E-state index in [1.165, 1.54) is 11.3 Å². The van der Waals surface area contributed by atoms with Crippen molar-refractivity contribution in [1.82, 2.24) is 26.3 Å². The second-order valence-electron chi connectivity index (χ2n) is 15.0. The molecule has 3 fully saturated rings. The van der Waals surface area contributed by atoms with Gasteiger partial charge in [-0.25, -0.2) is 0 Å². The zero-order chi connectivity index (χ0) is 35.3. The molecule has 1 spiro atoms. The molecule has 0 unspecified atom stereocenters. The molecule has 12 heteroatoms. The first-order chi connectivity index (χ1) is 23.3. The summed E-state index contributed by atoms with van der Waals surface area (Å²) in [4.78, 5) is 75.5. The van der Waals surface area contributed by atoms with Gasteiger partial charge in [-0.1, -0.05) is 63.8 Å². The molecule has 5 rings (SSSR count). The van der Waals surface area contributed by atoms with Gasteiger partial charge in [-0.2, -0.15) is 0 Å². The van der Waals surface area contributed by atoms with E-state index in [-0.39, 0.29) is 43.7 Å². The van der Waals surface area contributed by atoms with Gasteiger partial charge in [0.05, 0.1) is 18.3 Å². The molecule has 11 nitrogen and oxygen atoms in total. The molecule has 0 bridgehead atoms. The van der Waals surface area contributed by atoms with Crippen LogP contribution in [0.2, 0.25) is 5.02 Å². The van der Waals surface area contributed by atoms with Gasteiger partial charge in [-0.15, -0.1) is 12.3 Å². The molecular formula is C37H48ClN5O6. The maximum atomic E-state index is 14.6. The van der Waals surface area contributed by atoms with Gasteiger partial charge in [0.25, 0.3) is 5.91 Å². The molecule has 0 aromatic heterocycles. The number of rotatable bonds is 12. The van der Waals surface area contributed by atoms with E-state index in [0.29, 0.717) is 17.1 Å². The number of nitrogens with zero attached hydrogens (tertiary/aromatic N) is 1. The summed E-state index contributed by atoms with van der Waals surface area (Å²) in [6.45, 7) is 5.61. The smallest absolute Gasteiger partial charge is 0.289 e. The molecular weight excluding hydrogens is 646 g/mol. The number of carbonyl (C=O) groups excluding carboxylic acids is 5. The van der Waals surface area contributed by atoms with Crippen LogP contribution in [0.3, 0.4) is 0 Å². The lowest BCUT2D eigenvalue weighted by molar-refractivity contribution is -0.145. The molecule has 2 aliphatic heterocycles. The highest BCUT2D eigenvalue weighted by molar-refractivity contribution is 6.38. The summed E-state index contributed by atoms with van der Waals surface area (Å²) in [5.41, 5.74) is 2.54. The SMILES string of the molecule is C#CCC[C@H](NC(=O)[C@@H]1C[C@]2(C=C(c3cccc(Cl)c3)NO2)CN1C(=O)[C@@H](NC(=O)CC1CCCCC1)C(C)(C)C)C(=O)C(=O)NC1CC1. The van der Waals surface area contributed by atoms with Gasteiger partial charge in [0.15, 0.2) is 0 Å². The Morgan fingerprint density at radius 3 is 2.49 bits per heavy atom. The average Bonchev–Trinajstić information content (AvgIpc) is 3.65.